The smallest absolute Gasteiger partial charge is 0.265 e. The minimum absolute atomic E-state index is 0.0917. The quantitative estimate of drug-likeness (QED) is 0.695. The fraction of sp³-hybridized carbons (Fsp3) is 0.150. The number of ether oxygens (including phenoxy) is 1. The van der Waals surface area contributed by atoms with Crippen LogP contribution in [0.5, 0.6) is 5.75 Å². The van der Waals surface area contributed by atoms with E-state index in [0.29, 0.717) is 11.5 Å². The van der Waals surface area contributed by atoms with Crippen molar-refractivity contribution in [2.75, 3.05) is 5.32 Å². The van der Waals surface area contributed by atoms with Crippen molar-refractivity contribution in [2.45, 2.75) is 20.5 Å². The number of hydrogen-bond acceptors (Lipinski definition) is 3. The summed E-state index contributed by atoms with van der Waals surface area (Å²) >= 11 is 1.43. The topological polar surface area (TPSA) is 38.3 Å². The van der Waals surface area contributed by atoms with E-state index in [1.807, 2.05) is 73.8 Å². The number of carbonyl (C=O) groups is 1. The first-order chi connectivity index (χ1) is 11.6. The van der Waals surface area contributed by atoms with Crippen LogP contribution in [0.4, 0.5) is 5.69 Å². The van der Waals surface area contributed by atoms with Gasteiger partial charge in [-0.25, -0.2) is 0 Å². The van der Waals surface area contributed by atoms with Gasteiger partial charge in [0.15, 0.2) is 0 Å². The summed E-state index contributed by atoms with van der Waals surface area (Å²) in [6, 6.07) is 17.6. The first kappa shape index (κ1) is 16.3. The predicted molar refractivity (Wildman–Crippen MR) is 99.0 cm³/mol. The summed E-state index contributed by atoms with van der Waals surface area (Å²) in [4.78, 5) is 13.0. The molecule has 0 aliphatic heterocycles. The van der Waals surface area contributed by atoms with Gasteiger partial charge in [0.1, 0.15) is 12.4 Å². The molecule has 2 aromatic carbocycles. The van der Waals surface area contributed by atoms with Crippen molar-refractivity contribution in [1.29, 1.82) is 0 Å². The summed E-state index contributed by atoms with van der Waals surface area (Å²) in [6.45, 7) is 4.49. The Bertz CT molecular complexity index is 837. The van der Waals surface area contributed by atoms with E-state index >= 15 is 0 Å². The highest BCUT2D eigenvalue weighted by Crippen LogP contribution is 2.21. The summed E-state index contributed by atoms with van der Waals surface area (Å²) in [5.74, 6) is 0.778. The number of thiophene rings is 1. The molecule has 0 unspecified atom stereocenters. The van der Waals surface area contributed by atoms with Crippen molar-refractivity contribution in [3.05, 3.63) is 81.5 Å². The maximum atomic E-state index is 12.3. The van der Waals surface area contributed by atoms with Crippen LogP contribution in [0.1, 0.15) is 26.4 Å². The van der Waals surface area contributed by atoms with E-state index in [1.54, 1.807) is 0 Å². The van der Waals surface area contributed by atoms with E-state index in [4.69, 9.17) is 4.74 Å². The Balaban J connectivity index is 1.61. The largest absolute Gasteiger partial charge is 0.489 e. The molecular formula is C20H19NO2S. The molecule has 3 nitrogen and oxygen atoms in total. The molecule has 3 aromatic rings. The molecule has 1 heterocycles. The summed E-state index contributed by atoms with van der Waals surface area (Å²) in [5, 5.41) is 4.87. The van der Waals surface area contributed by atoms with E-state index in [1.165, 1.54) is 16.9 Å². The minimum atomic E-state index is -0.0917. The third kappa shape index (κ3) is 4.03. The van der Waals surface area contributed by atoms with Gasteiger partial charge in [0.05, 0.1) is 4.88 Å². The van der Waals surface area contributed by atoms with Crippen LogP contribution in [-0.4, -0.2) is 5.91 Å². The highest BCUT2D eigenvalue weighted by molar-refractivity contribution is 7.12. The van der Waals surface area contributed by atoms with Crippen LogP contribution in [0.3, 0.4) is 0 Å². The molecule has 0 saturated carbocycles. The zero-order valence-corrected chi connectivity index (χ0v) is 14.5. The van der Waals surface area contributed by atoms with Crippen molar-refractivity contribution < 1.29 is 9.53 Å². The Kier molecular flexibility index (Phi) is 4.96. The van der Waals surface area contributed by atoms with E-state index in [0.717, 1.165) is 22.6 Å². The van der Waals surface area contributed by atoms with Gasteiger partial charge in [-0.3, -0.25) is 4.79 Å². The van der Waals surface area contributed by atoms with Crippen LogP contribution in [-0.2, 0) is 6.61 Å². The highest BCUT2D eigenvalue weighted by Gasteiger charge is 2.10. The van der Waals surface area contributed by atoms with Crippen molar-refractivity contribution in [3.8, 4) is 5.75 Å². The number of rotatable bonds is 5. The number of hydrogen-bond donors (Lipinski definition) is 1. The minimum Gasteiger partial charge on any atom is -0.489 e. The number of nitrogens with one attached hydrogen (secondary N) is 1. The standard InChI is InChI=1S/C20H19NO2S/c1-14-7-9-17(10-8-14)21-20(22)19-11-16(13-24-19)12-23-18-6-4-3-5-15(18)2/h3-11,13H,12H2,1-2H3,(H,21,22). The van der Waals surface area contributed by atoms with Gasteiger partial charge in [-0.1, -0.05) is 35.9 Å². The lowest BCUT2D eigenvalue weighted by atomic mass is 10.2. The van der Waals surface area contributed by atoms with Gasteiger partial charge < -0.3 is 10.1 Å². The lowest BCUT2D eigenvalue weighted by Crippen LogP contribution is -2.10. The lowest BCUT2D eigenvalue weighted by molar-refractivity contribution is 0.103. The molecule has 24 heavy (non-hydrogen) atoms. The van der Waals surface area contributed by atoms with Gasteiger partial charge in [-0.2, -0.15) is 0 Å². The molecule has 3 rings (SSSR count). The molecule has 1 aromatic heterocycles. The van der Waals surface area contributed by atoms with Crippen molar-refractivity contribution >= 4 is 22.9 Å². The Hall–Kier alpha value is -2.59. The molecule has 0 aliphatic rings. The van der Waals surface area contributed by atoms with E-state index in [2.05, 4.69) is 5.32 Å². The van der Waals surface area contributed by atoms with Gasteiger partial charge in [-0.05, 0) is 49.1 Å². The lowest BCUT2D eigenvalue weighted by Gasteiger charge is -2.07. The number of anilines is 1. The molecule has 0 spiro atoms. The monoisotopic (exact) mass is 337 g/mol. The molecule has 1 N–H and O–H groups in total. The maximum absolute atomic E-state index is 12.3. The maximum Gasteiger partial charge on any atom is 0.265 e. The average molecular weight is 337 g/mol. The van der Waals surface area contributed by atoms with Gasteiger partial charge in [0.2, 0.25) is 0 Å². The Labute approximate surface area is 145 Å². The van der Waals surface area contributed by atoms with Crippen LogP contribution in [0.2, 0.25) is 0 Å². The number of benzene rings is 2. The van der Waals surface area contributed by atoms with Gasteiger partial charge in [0, 0.05) is 11.3 Å². The van der Waals surface area contributed by atoms with Crippen LogP contribution >= 0.6 is 11.3 Å². The van der Waals surface area contributed by atoms with E-state index in [9.17, 15) is 4.79 Å². The second-order valence-electron chi connectivity index (χ2n) is 5.69. The second-order valence-corrected chi connectivity index (χ2v) is 6.60. The first-order valence-electron chi connectivity index (χ1n) is 7.76. The van der Waals surface area contributed by atoms with Crippen molar-refractivity contribution in [1.82, 2.24) is 0 Å². The molecule has 0 radical (unpaired) electrons. The fourth-order valence-corrected chi connectivity index (χ4v) is 3.07. The normalized spacial score (nSPS) is 10.4. The predicted octanol–water partition coefficient (Wildman–Crippen LogP) is 5.20. The number of carbonyl (C=O) groups excluding carboxylic acids is 1. The van der Waals surface area contributed by atoms with Gasteiger partial charge in [-0.15, -0.1) is 11.3 Å². The highest BCUT2D eigenvalue weighted by atomic mass is 32.1. The Morgan fingerprint density at radius 2 is 1.83 bits per heavy atom. The summed E-state index contributed by atoms with van der Waals surface area (Å²) < 4.78 is 5.82. The SMILES string of the molecule is Cc1ccc(NC(=O)c2cc(COc3ccccc3C)cs2)cc1. The Morgan fingerprint density at radius 1 is 1.08 bits per heavy atom. The molecule has 0 aliphatic carbocycles. The van der Waals surface area contributed by atoms with Crippen LogP contribution < -0.4 is 10.1 Å². The zero-order valence-electron chi connectivity index (χ0n) is 13.7. The number of aryl methyl sites for hydroxylation is 2. The average Bonchev–Trinajstić information content (AvgIpc) is 3.05. The summed E-state index contributed by atoms with van der Waals surface area (Å²) in [6.07, 6.45) is 0. The number of para-hydroxylation sites is 1. The molecule has 0 bridgehead atoms. The van der Waals surface area contributed by atoms with Crippen molar-refractivity contribution in [2.24, 2.45) is 0 Å². The third-order valence-electron chi connectivity index (χ3n) is 3.67. The van der Waals surface area contributed by atoms with E-state index in [-0.39, 0.29) is 5.91 Å². The first-order valence-corrected chi connectivity index (χ1v) is 8.63. The molecule has 4 heteroatoms. The van der Waals surface area contributed by atoms with Gasteiger partial charge in [0.25, 0.3) is 5.91 Å². The van der Waals surface area contributed by atoms with Crippen LogP contribution in [0, 0.1) is 13.8 Å². The molecular weight excluding hydrogens is 318 g/mol. The Morgan fingerprint density at radius 3 is 2.58 bits per heavy atom. The molecule has 0 atom stereocenters. The summed E-state index contributed by atoms with van der Waals surface area (Å²) in [7, 11) is 0. The van der Waals surface area contributed by atoms with E-state index < -0.39 is 0 Å². The molecule has 1 amide bonds. The fourth-order valence-electron chi connectivity index (χ4n) is 2.28. The van der Waals surface area contributed by atoms with Crippen molar-refractivity contribution in [3.63, 3.8) is 0 Å². The van der Waals surface area contributed by atoms with Gasteiger partial charge >= 0.3 is 0 Å². The second kappa shape index (κ2) is 7.32. The summed E-state index contributed by atoms with van der Waals surface area (Å²) in [5.41, 5.74) is 4.07. The molecule has 0 fully saturated rings. The zero-order chi connectivity index (χ0) is 16.9. The van der Waals surface area contributed by atoms with Crippen LogP contribution in [0.15, 0.2) is 60.0 Å². The molecule has 0 saturated heterocycles. The van der Waals surface area contributed by atoms with Crippen LogP contribution in [0.25, 0.3) is 0 Å². The number of amides is 1. The third-order valence-corrected chi connectivity index (χ3v) is 4.65. The molecule has 122 valence electrons.